The summed E-state index contributed by atoms with van der Waals surface area (Å²) in [5.74, 6) is 0.808. The number of rotatable bonds is 2. The predicted octanol–water partition coefficient (Wildman–Crippen LogP) is 1.24. The Kier molecular flexibility index (Phi) is 117. The average Bonchev–Trinajstić information content (AvgIpc) is 2.29. The van der Waals surface area contributed by atoms with Crippen LogP contribution in [0, 0.1) is 5.92 Å². The van der Waals surface area contributed by atoms with Gasteiger partial charge >= 0.3 is 180 Å². The molecule has 0 heterocycles. The molecule has 0 amide bonds. The summed E-state index contributed by atoms with van der Waals surface area (Å²) in [6.07, 6.45) is 1.16. The molecule has 0 aliphatic rings. The van der Waals surface area contributed by atoms with E-state index >= 15 is 0 Å². The minimum atomic E-state index is 0.808. The van der Waals surface area contributed by atoms with E-state index in [2.05, 4.69) is 18.2 Å². The molecule has 0 saturated carbocycles. The van der Waals surface area contributed by atoms with Gasteiger partial charge in [-0.15, -0.1) is 0 Å². The second kappa shape index (κ2) is 50.8. The van der Waals surface area contributed by atoms with Gasteiger partial charge in [0, 0.05) is 0 Å². The van der Waals surface area contributed by atoms with Gasteiger partial charge in [-0.3, -0.25) is 0 Å². The van der Waals surface area contributed by atoms with Gasteiger partial charge in [-0.05, 0) is 0 Å². The molecule has 0 radical (unpaired) electrons. The van der Waals surface area contributed by atoms with Gasteiger partial charge in [0.05, 0.1) is 0 Å². The Balaban J connectivity index is -0.0000000287. The van der Waals surface area contributed by atoms with Crippen LogP contribution in [0.25, 0.3) is 0 Å². The molecular formula is C5H9W9-. The van der Waals surface area contributed by atoms with Crippen molar-refractivity contribution < 1.29 is 149 Å². The molecule has 0 aromatic rings. The van der Waals surface area contributed by atoms with Crippen LogP contribution in [0.2, 0.25) is 0 Å². The number of hydrogen-bond acceptors (Lipinski definition) is 0. The summed E-state index contributed by atoms with van der Waals surface area (Å²) in [6, 6.07) is 0. The van der Waals surface area contributed by atoms with Gasteiger partial charge in [-0.2, -0.15) is 0 Å². The summed E-state index contributed by atoms with van der Waals surface area (Å²) in [5, 5.41) is 0. The van der Waals surface area contributed by atoms with E-state index in [4.69, 9.17) is 0 Å². The summed E-state index contributed by atoms with van der Waals surface area (Å²) >= 11 is 14.8. The molecule has 0 aromatic carbocycles. The van der Waals surface area contributed by atoms with Gasteiger partial charge in [0.25, 0.3) is 0 Å². The standard InChI is InChI=1S/C5H9.9W/c1-4-5(2)3;;;;;;;;;/h5H,4H2,2-3H3;;;;;;;;;/q-1;;;;;;;;;. The Morgan fingerprint density at radius 3 is 1.00 bits per heavy atom. The Labute approximate surface area is 175 Å². The molecule has 14 heavy (non-hydrogen) atoms. The van der Waals surface area contributed by atoms with Gasteiger partial charge in [-0.25, -0.2) is 0 Å². The van der Waals surface area contributed by atoms with Crippen LogP contribution in [0.15, 0.2) is 0 Å². The van der Waals surface area contributed by atoms with Crippen LogP contribution < -0.4 is 0 Å². The van der Waals surface area contributed by atoms with Crippen LogP contribution >= 0.6 is 0 Å². The van der Waals surface area contributed by atoms with E-state index in [0.29, 0.717) is 0 Å². The van der Waals surface area contributed by atoms with Crippen molar-refractivity contribution in [3.8, 4) is 0 Å². The second-order valence-electron chi connectivity index (χ2n) is 1.74. The van der Waals surface area contributed by atoms with Crippen molar-refractivity contribution in [2.24, 2.45) is 5.92 Å². The van der Waals surface area contributed by atoms with E-state index < -0.39 is 0 Å². The van der Waals surface area contributed by atoms with Gasteiger partial charge in [0.1, 0.15) is 0 Å². The third-order valence-corrected chi connectivity index (χ3v) is 1.09. The fraction of sp³-hybridized carbons (Fsp3) is 0.800. The molecule has 9 heteroatoms. The van der Waals surface area contributed by atoms with Crippen LogP contribution in [0.3, 0.4) is 0 Å². The molecular weight excluding hydrogens is 1710 g/mol. The summed E-state index contributed by atoms with van der Waals surface area (Å²) in [4.78, 5) is 0. The minimum absolute atomic E-state index is 0.808. The van der Waals surface area contributed by atoms with E-state index in [9.17, 15) is 0 Å². The molecule has 0 rings (SSSR count). The predicted molar refractivity (Wildman–Crippen MR) is 24.5 cm³/mol. The first-order valence-corrected chi connectivity index (χ1v) is 48.3. The Hall–Kier alpha value is 6.06. The van der Waals surface area contributed by atoms with Crippen molar-refractivity contribution in [1.82, 2.24) is 0 Å². The average molecular weight is 1720 g/mol. The zero-order valence-electron chi connectivity index (χ0n) is 7.46. The van der Waals surface area contributed by atoms with Gasteiger partial charge in [0.2, 0.25) is 0 Å². The normalized spacial score (nSPS) is 5.07. The van der Waals surface area contributed by atoms with E-state index in [0.717, 1.165) is 12.3 Å². The molecule has 0 unspecified atom stereocenters. The summed E-state index contributed by atoms with van der Waals surface area (Å²) < 4.78 is 3.15. The molecule has 0 atom stereocenters. The fourth-order valence-electron chi connectivity index (χ4n) is 0.167. The first-order chi connectivity index (χ1) is 6.77. The molecule has 84 valence electrons. The molecule has 0 aliphatic heterocycles. The molecule has 0 fully saturated rings. The van der Waals surface area contributed by atoms with Crippen molar-refractivity contribution in [2.75, 3.05) is 0 Å². The Bertz CT molecular complexity index is 77.3. The van der Waals surface area contributed by atoms with Crippen LogP contribution in [0.4, 0.5) is 0 Å². The van der Waals surface area contributed by atoms with E-state index in [1.807, 2.05) is 0 Å². The molecule has 0 bridgehead atoms. The van der Waals surface area contributed by atoms with E-state index in [1.165, 1.54) is 19.4 Å². The topological polar surface area (TPSA) is 0 Å². The number of hydrogen-bond donors (Lipinski definition) is 0. The molecule has 0 aromatic heterocycles. The third-order valence-electron chi connectivity index (χ3n) is 0.492. The zero-order chi connectivity index (χ0) is 13.0. The second-order valence-corrected chi connectivity index (χ2v) is 2.78. The first-order valence-electron chi connectivity index (χ1n) is 2.79. The van der Waals surface area contributed by atoms with Crippen molar-refractivity contribution in [2.45, 2.75) is 20.3 Å². The summed E-state index contributed by atoms with van der Waals surface area (Å²) in [5.41, 5.74) is 0. The SMILES string of the molecule is CC(C)C[C-]=[W].[W]=[W].[W]=[W].[W]=[W].[W]=[W]. The van der Waals surface area contributed by atoms with E-state index in [1.54, 1.807) is 130 Å². The monoisotopic (exact) mass is 1720 g/mol. The Morgan fingerprint density at radius 2 is 1.00 bits per heavy atom. The summed E-state index contributed by atoms with van der Waals surface area (Å²) in [6.45, 7) is 4.41. The first kappa shape index (κ1) is 32.1. The van der Waals surface area contributed by atoms with Gasteiger partial charge in [-0.1, -0.05) is 0 Å². The molecule has 0 nitrogen and oxygen atoms in total. The zero-order valence-corrected chi connectivity index (χ0v) is 33.9. The molecule has 0 aliphatic carbocycles. The summed E-state index contributed by atoms with van der Waals surface area (Å²) in [7, 11) is 0. The fourth-order valence-corrected chi connectivity index (χ4v) is 1.36. The van der Waals surface area contributed by atoms with Crippen molar-refractivity contribution in [1.29, 1.82) is 0 Å². The van der Waals surface area contributed by atoms with Crippen molar-refractivity contribution in [3.63, 3.8) is 0 Å². The Morgan fingerprint density at radius 1 is 0.786 bits per heavy atom. The van der Waals surface area contributed by atoms with Crippen LogP contribution in [0.1, 0.15) is 20.3 Å². The molecule has 0 N–H and O–H groups in total. The molecule has 0 saturated heterocycles. The maximum atomic E-state index is 3.15. The van der Waals surface area contributed by atoms with Gasteiger partial charge in [0.15, 0.2) is 0 Å². The molecule has 0 spiro atoms. The van der Waals surface area contributed by atoms with Crippen LogP contribution in [0.5, 0.6) is 0 Å². The van der Waals surface area contributed by atoms with Crippen LogP contribution in [-0.2, 0) is 149 Å². The van der Waals surface area contributed by atoms with Crippen LogP contribution in [-0.4, -0.2) is 4.40 Å². The maximum absolute atomic E-state index is 3.15. The quantitative estimate of drug-likeness (QED) is 0.366. The third kappa shape index (κ3) is 64.0. The van der Waals surface area contributed by atoms with Crippen molar-refractivity contribution in [3.05, 3.63) is 0 Å². The van der Waals surface area contributed by atoms with Gasteiger partial charge < -0.3 is 0 Å². The van der Waals surface area contributed by atoms with Crippen molar-refractivity contribution >= 4 is 4.40 Å². The van der Waals surface area contributed by atoms with E-state index in [-0.39, 0.29) is 0 Å².